The number of hydrogen-bond donors (Lipinski definition) is 2. The number of rotatable bonds is 4. The summed E-state index contributed by atoms with van der Waals surface area (Å²) in [5.74, 6) is -0.195. The van der Waals surface area contributed by atoms with Crippen molar-refractivity contribution in [3.63, 3.8) is 0 Å². The molecule has 4 heteroatoms. The van der Waals surface area contributed by atoms with Crippen LogP contribution in [-0.4, -0.2) is 17.1 Å². The van der Waals surface area contributed by atoms with Crippen molar-refractivity contribution < 1.29 is 14.3 Å². The van der Waals surface area contributed by atoms with E-state index >= 15 is 0 Å². The Hall–Kier alpha value is -1.81. The molecule has 1 aliphatic rings. The van der Waals surface area contributed by atoms with Crippen LogP contribution in [0, 0.1) is 5.92 Å². The maximum absolute atomic E-state index is 10.8. The molecule has 3 rings (SSSR count). The predicted octanol–water partition coefficient (Wildman–Crippen LogP) is 3.02. The highest BCUT2D eigenvalue weighted by molar-refractivity contribution is 5.91. The fourth-order valence-corrected chi connectivity index (χ4v) is 2.64. The number of benzene rings is 1. The summed E-state index contributed by atoms with van der Waals surface area (Å²) in [6.45, 7) is 3.09. The largest absolute Gasteiger partial charge is 0.475 e. The number of nitrogens with one attached hydrogen (secondary N) is 1. The van der Waals surface area contributed by atoms with Crippen LogP contribution in [0.3, 0.4) is 0 Å². The van der Waals surface area contributed by atoms with Gasteiger partial charge in [-0.25, -0.2) is 4.79 Å². The minimum atomic E-state index is -1.03. The maximum atomic E-state index is 10.8. The molecule has 1 aromatic carbocycles. The molecule has 2 aromatic rings. The fourth-order valence-electron chi connectivity index (χ4n) is 2.64. The van der Waals surface area contributed by atoms with Crippen molar-refractivity contribution in [1.82, 2.24) is 5.32 Å². The van der Waals surface area contributed by atoms with Crippen LogP contribution in [0.15, 0.2) is 28.7 Å². The van der Waals surface area contributed by atoms with E-state index in [-0.39, 0.29) is 5.76 Å². The van der Waals surface area contributed by atoms with Crippen LogP contribution in [0.2, 0.25) is 0 Å². The second-order valence-corrected chi connectivity index (χ2v) is 5.44. The van der Waals surface area contributed by atoms with E-state index in [2.05, 4.69) is 12.2 Å². The molecule has 0 radical (unpaired) electrons. The van der Waals surface area contributed by atoms with E-state index in [4.69, 9.17) is 9.52 Å². The van der Waals surface area contributed by atoms with Crippen molar-refractivity contribution in [1.29, 1.82) is 0 Å². The monoisotopic (exact) mass is 259 g/mol. The minimum absolute atomic E-state index is 0.00655. The summed E-state index contributed by atoms with van der Waals surface area (Å²) in [4.78, 5) is 10.8. The zero-order valence-electron chi connectivity index (χ0n) is 10.8. The topological polar surface area (TPSA) is 62.5 Å². The Morgan fingerprint density at radius 2 is 2.21 bits per heavy atom. The normalized spacial score (nSPS) is 22.4. The molecule has 0 amide bonds. The lowest BCUT2D eigenvalue weighted by Crippen LogP contribution is -2.39. The van der Waals surface area contributed by atoms with Gasteiger partial charge in [0.2, 0.25) is 5.76 Å². The first kappa shape index (κ1) is 12.2. The van der Waals surface area contributed by atoms with Crippen LogP contribution in [0.1, 0.15) is 35.9 Å². The summed E-state index contributed by atoms with van der Waals surface area (Å²) in [5.41, 5.74) is 1.78. The lowest BCUT2D eigenvalue weighted by atomic mass is 9.82. The van der Waals surface area contributed by atoms with Gasteiger partial charge >= 0.3 is 5.97 Å². The Kier molecular flexibility index (Phi) is 3.03. The Bertz CT molecular complexity index is 611. The molecule has 1 heterocycles. The summed E-state index contributed by atoms with van der Waals surface area (Å²) in [6.07, 6.45) is 2.49. The molecule has 0 atom stereocenters. The van der Waals surface area contributed by atoms with Crippen LogP contribution in [0.4, 0.5) is 0 Å². The molecule has 0 spiro atoms. The van der Waals surface area contributed by atoms with Crippen molar-refractivity contribution in [2.75, 3.05) is 0 Å². The first-order valence-corrected chi connectivity index (χ1v) is 6.61. The van der Waals surface area contributed by atoms with Gasteiger partial charge in [0.1, 0.15) is 5.58 Å². The van der Waals surface area contributed by atoms with E-state index in [1.807, 2.05) is 18.2 Å². The van der Waals surface area contributed by atoms with E-state index in [9.17, 15) is 4.79 Å². The Morgan fingerprint density at radius 3 is 2.89 bits per heavy atom. The van der Waals surface area contributed by atoms with Gasteiger partial charge < -0.3 is 14.8 Å². The van der Waals surface area contributed by atoms with Crippen LogP contribution in [-0.2, 0) is 6.54 Å². The van der Waals surface area contributed by atoms with Crippen LogP contribution >= 0.6 is 0 Å². The summed E-state index contributed by atoms with van der Waals surface area (Å²) in [7, 11) is 0. The summed E-state index contributed by atoms with van der Waals surface area (Å²) in [5, 5.41) is 13.2. The Morgan fingerprint density at radius 1 is 1.42 bits per heavy atom. The molecule has 0 aliphatic heterocycles. The molecular weight excluding hydrogens is 242 g/mol. The van der Waals surface area contributed by atoms with E-state index in [0.29, 0.717) is 11.6 Å². The highest BCUT2D eigenvalue weighted by Gasteiger charge is 2.24. The molecule has 0 unspecified atom stereocenters. The lowest BCUT2D eigenvalue weighted by molar-refractivity contribution is 0.0665. The lowest BCUT2D eigenvalue weighted by Gasteiger charge is -2.33. The van der Waals surface area contributed by atoms with Gasteiger partial charge in [0.05, 0.1) is 0 Å². The van der Waals surface area contributed by atoms with E-state index < -0.39 is 5.97 Å². The van der Waals surface area contributed by atoms with Gasteiger partial charge in [-0.1, -0.05) is 13.0 Å². The van der Waals surface area contributed by atoms with Crippen molar-refractivity contribution in [3.05, 3.63) is 35.6 Å². The van der Waals surface area contributed by atoms with Gasteiger partial charge in [0, 0.05) is 18.0 Å². The zero-order valence-corrected chi connectivity index (χ0v) is 10.8. The summed E-state index contributed by atoms with van der Waals surface area (Å²) >= 11 is 0. The third-order valence-electron chi connectivity index (χ3n) is 3.76. The van der Waals surface area contributed by atoms with Gasteiger partial charge in [-0.2, -0.15) is 0 Å². The van der Waals surface area contributed by atoms with Crippen LogP contribution < -0.4 is 5.32 Å². The second kappa shape index (κ2) is 4.70. The number of carbonyl (C=O) groups is 1. The number of furan rings is 1. The van der Waals surface area contributed by atoms with E-state index in [1.165, 1.54) is 12.8 Å². The number of carboxylic acids is 1. The molecule has 0 saturated heterocycles. The molecule has 1 fully saturated rings. The molecule has 2 N–H and O–H groups in total. The van der Waals surface area contributed by atoms with Crippen molar-refractivity contribution >= 4 is 16.9 Å². The zero-order chi connectivity index (χ0) is 13.4. The average Bonchev–Trinajstić information content (AvgIpc) is 2.76. The summed E-state index contributed by atoms with van der Waals surface area (Å²) in [6, 6.07) is 8.01. The van der Waals surface area contributed by atoms with E-state index in [0.717, 1.165) is 23.4 Å². The maximum Gasteiger partial charge on any atom is 0.371 e. The molecular formula is C15H17NO3. The van der Waals surface area contributed by atoms with Crippen molar-refractivity contribution in [3.8, 4) is 0 Å². The Labute approximate surface area is 111 Å². The highest BCUT2D eigenvalue weighted by atomic mass is 16.4. The smallest absolute Gasteiger partial charge is 0.371 e. The van der Waals surface area contributed by atoms with Crippen molar-refractivity contribution in [2.24, 2.45) is 5.92 Å². The molecule has 1 aliphatic carbocycles. The van der Waals surface area contributed by atoms with Gasteiger partial charge in [0.15, 0.2) is 0 Å². The van der Waals surface area contributed by atoms with Gasteiger partial charge in [0.25, 0.3) is 0 Å². The van der Waals surface area contributed by atoms with Gasteiger partial charge in [-0.3, -0.25) is 0 Å². The molecule has 19 heavy (non-hydrogen) atoms. The predicted molar refractivity (Wildman–Crippen MR) is 72.2 cm³/mol. The minimum Gasteiger partial charge on any atom is -0.475 e. The van der Waals surface area contributed by atoms with E-state index in [1.54, 1.807) is 6.07 Å². The molecule has 0 bridgehead atoms. The number of fused-ring (bicyclic) bond motifs is 1. The van der Waals surface area contributed by atoms with Crippen LogP contribution in [0.5, 0.6) is 0 Å². The number of hydrogen-bond acceptors (Lipinski definition) is 3. The third kappa shape index (κ3) is 2.49. The molecule has 100 valence electrons. The molecule has 1 saturated carbocycles. The van der Waals surface area contributed by atoms with Gasteiger partial charge in [-0.05, 0) is 42.5 Å². The second-order valence-electron chi connectivity index (χ2n) is 5.44. The Balaban J connectivity index is 1.72. The average molecular weight is 259 g/mol. The molecule has 4 nitrogen and oxygen atoms in total. The van der Waals surface area contributed by atoms with Crippen molar-refractivity contribution in [2.45, 2.75) is 32.4 Å². The van der Waals surface area contributed by atoms with Crippen LogP contribution in [0.25, 0.3) is 11.0 Å². The summed E-state index contributed by atoms with van der Waals surface area (Å²) < 4.78 is 5.24. The fraction of sp³-hybridized carbons (Fsp3) is 0.400. The molecule has 1 aromatic heterocycles. The number of carboxylic acid groups (broad SMARTS) is 1. The first-order valence-electron chi connectivity index (χ1n) is 6.61. The SMILES string of the molecule is CC1CC(NCc2ccc3oc(C(=O)O)cc3c2)C1. The number of aromatic carboxylic acids is 1. The first-order chi connectivity index (χ1) is 9.11. The standard InChI is InChI=1S/C15H17NO3/c1-9-4-12(5-9)16-8-10-2-3-13-11(6-10)7-14(19-13)15(17)18/h2-3,6-7,9,12,16H,4-5,8H2,1H3,(H,17,18). The highest BCUT2D eigenvalue weighted by Crippen LogP contribution is 2.27. The quantitative estimate of drug-likeness (QED) is 0.886. The third-order valence-corrected chi connectivity index (χ3v) is 3.76. The van der Waals surface area contributed by atoms with Gasteiger partial charge in [-0.15, -0.1) is 0 Å².